The average molecular weight is 447 g/mol. The van der Waals surface area contributed by atoms with E-state index in [1.807, 2.05) is 36.1 Å². The molecule has 7 heteroatoms. The molecule has 30 heavy (non-hydrogen) atoms. The van der Waals surface area contributed by atoms with Gasteiger partial charge >= 0.3 is 0 Å². The zero-order valence-corrected chi connectivity index (χ0v) is 18.6. The summed E-state index contributed by atoms with van der Waals surface area (Å²) in [4.78, 5) is 15.2. The molecule has 1 amide bonds. The zero-order chi connectivity index (χ0) is 21.3. The Kier molecular flexibility index (Phi) is 6.19. The van der Waals surface area contributed by atoms with E-state index < -0.39 is 10.0 Å². The quantitative estimate of drug-likeness (QED) is 0.730. The summed E-state index contributed by atoms with van der Waals surface area (Å²) in [5, 5.41) is 0.722. The highest BCUT2D eigenvalue weighted by Gasteiger charge is 2.47. The van der Waals surface area contributed by atoms with Crippen LogP contribution >= 0.6 is 11.6 Å². The number of nitrogens with one attached hydrogen (secondary N) is 1. The van der Waals surface area contributed by atoms with Crippen LogP contribution in [0.3, 0.4) is 0 Å². The summed E-state index contributed by atoms with van der Waals surface area (Å²) in [6.45, 7) is 3.61. The molecule has 1 heterocycles. The number of rotatable bonds is 6. The predicted molar refractivity (Wildman–Crippen MR) is 118 cm³/mol. The van der Waals surface area contributed by atoms with Crippen LogP contribution < -0.4 is 4.72 Å². The molecule has 1 aliphatic heterocycles. The number of benzene rings is 2. The minimum atomic E-state index is -3.54. The van der Waals surface area contributed by atoms with Crippen molar-refractivity contribution >= 4 is 27.5 Å². The number of hydrogen-bond donors (Lipinski definition) is 1. The van der Waals surface area contributed by atoms with Crippen molar-refractivity contribution < 1.29 is 13.2 Å². The number of carbonyl (C=O) groups excluding carboxylic acids is 1. The summed E-state index contributed by atoms with van der Waals surface area (Å²) >= 11 is 6.29. The van der Waals surface area contributed by atoms with Gasteiger partial charge in [0.25, 0.3) is 0 Å². The molecule has 1 saturated carbocycles. The first kappa shape index (κ1) is 21.3. The SMILES string of the molecule is Cc1ccc(S(=O)(=O)NCC2CCCN(C(=O)C3CC3c3ccccc3Cl)C2)cc1. The van der Waals surface area contributed by atoms with Gasteiger partial charge in [0.2, 0.25) is 15.9 Å². The van der Waals surface area contributed by atoms with Crippen molar-refractivity contribution in [2.45, 2.75) is 37.0 Å². The Morgan fingerprint density at radius 3 is 2.63 bits per heavy atom. The molecule has 160 valence electrons. The number of sulfonamides is 1. The summed E-state index contributed by atoms with van der Waals surface area (Å²) in [6.07, 6.45) is 2.65. The van der Waals surface area contributed by atoms with E-state index in [-0.39, 0.29) is 28.6 Å². The molecule has 0 aromatic heterocycles. The lowest BCUT2D eigenvalue weighted by Gasteiger charge is -2.33. The van der Waals surface area contributed by atoms with E-state index in [0.29, 0.717) is 13.1 Å². The monoisotopic (exact) mass is 446 g/mol. The Hall–Kier alpha value is -1.89. The van der Waals surface area contributed by atoms with Gasteiger partial charge in [-0.05, 0) is 61.8 Å². The number of likely N-dealkylation sites (tertiary alicyclic amines) is 1. The standard InChI is InChI=1S/C23H27ClN2O3S/c1-16-8-10-18(11-9-16)30(28,29)25-14-17-5-4-12-26(15-17)23(27)21-13-20(21)19-6-2-3-7-22(19)24/h2-3,6-11,17,20-21,25H,4-5,12-15H2,1H3. The third kappa shape index (κ3) is 4.71. The second kappa shape index (κ2) is 8.69. The summed E-state index contributed by atoms with van der Waals surface area (Å²) in [5.74, 6) is 0.492. The number of aryl methyl sites for hydroxylation is 1. The fourth-order valence-electron chi connectivity index (χ4n) is 4.28. The van der Waals surface area contributed by atoms with Crippen LogP contribution in [0.25, 0.3) is 0 Å². The molecule has 0 bridgehead atoms. The molecule has 0 spiro atoms. The van der Waals surface area contributed by atoms with Crippen molar-refractivity contribution in [1.29, 1.82) is 0 Å². The Morgan fingerprint density at radius 1 is 1.17 bits per heavy atom. The van der Waals surface area contributed by atoms with Gasteiger partial charge in [-0.3, -0.25) is 4.79 Å². The minimum absolute atomic E-state index is 0.00657. The number of hydrogen-bond acceptors (Lipinski definition) is 3. The highest BCUT2D eigenvalue weighted by Crippen LogP contribution is 2.50. The molecular weight excluding hydrogens is 420 g/mol. The normalized spacial score (nSPS) is 23.9. The van der Waals surface area contributed by atoms with Crippen LogP contribution in [0, 0.1) is 18.8 Å². The zero-order valence-electron chi connectivity index (χ0n) is 17.1. The lowest BCUT2D eigenvalue weighted by Crippen LogP contribution is -2.44. The van der Waals surface area contributed by atoms with Crippen molar-refractivity contribution in [1.82, 2.24) is 9.62 Å². The first-order valence-corrected chi connectivity index (χ1v) is 12.3. The molecule has 4 rings (SSSR count). The molecular formula is C23H27ClN2O3S. The first-order chi connectivity index (χ1) is 14.3. The summed E-state index contributed by atoms with van der Waals surface area (Å²) in [7, 11) is -3.54. The van der Waals surface area contributed by atoms with Gasteiger partial charge in [-0.1, -0.05) is 47.5 Å². The molecule has 0 radical (unpaired) electrons. The molecule has 2 aromatic rings. The lowest BCUT2D eigenvalue weighted by molar-refractivity contribution is -0.134. The first-order valence-electron chi connectivity index (χ1n) is 10.4. The van der Waals surface area contributed by atoms with E-state index in [2.05, 4.69) is 4.72 Å². The van der Waals surface area contributed by atoms with Crippen LogP contribution in [-0.2, 0) is 14.8 Å². The molecule has 2 aliphatic rings. The minimum Gasteiger partial charge on any atom is -0.342 e. The molecule has 1 N–H and O–H groups in total. The van der Waals surface area contributed by atoms with Gasteiger partial charge in [0.15, 0.2) is 0 Å². The summed E-state index contributed by atoms with van der Waals surface area (Å²) < 4.78 is 27.8. The van der Waals surface area contributed by atoms with Gasteiger partial charge in [-0.15, -0.1) is 0 Å². The maximum Gasteiger partial charge on any atom is 0.240 e. The Bertz CT molecular complexity index is 1020. The molecule has 1 aliphatic carbocycles. The molecule has 2 fully saturated rings. The highest BCUT2D eigenvalue weighted by molar-refractivity contribution is 7.89. The van der Waals surface area contributed by atoms with Crippen molar-refractivity contribution in [2.75, 3.05) is 19.6 Å². The lowest BCUT2D eigenvalue weighted by atomic mass is 9.97. The van der Waals surface area contributed by atoms with Crippen LogP contribution in [0.15, 0.2) is 53.4 Å². The third-order valence-electron chi connectivity index (χ3n) is 6.14. The van der Waals surface area contributed by atoms with Crippen LogP contribution in [-0.4, -0.2) is 38.9 Å². The molecule has 1 saturated heterocycles. The van der Waals surface area contributed by atoms with Crippen molar-refractivity contribution in [3.63, 3.8) is 0 Å². The maximum atomic E-state index is 13.0. The van der Waals surface area contributed by atoms with Gasteiger partial charge in [-0.25, -0.2) is 13.1 Å². The van der Waals surface area contributed by atoms with Gasteiger partial charge in [-0.2, -0.15) is 0 Å². The van der Waals surface area contributed by atoms with Gasteiger partial charge in [0.1, 0.15) is 0 Å². The second-order valence-corrected chi connectivity index (χ2v) is 10.6. The Balaban J connectivity index is 1.33. The molecule has 3 unspecified atom stereocenters. The maximum absolute atomic E-state index is 13.0. The number of nitrogens with zero attached hydrogens (tertiary/aromatic N) is 1. The fraction of sp³-hybridized carbons (Fsp3) is 0.435. The molecule has 2 aromatic carbocycles. The van der Waals surface area contributed by atoms with Crippen LogP contribution in [0.4, 0.5) is 0 Å². The van der Waals surface area contributed by atoms with Crippen molar-refractivity contribution in [2.24, 2.45) is 11.8 Å². The largest absolute Gasteiger partial charge is 0.342 e. The number of amides is 1. The second-order valence-electron chi connectivity index (χ2n) is 8.43. The van der Waals surface area contributed by atoms with Gasteiger partial charge in [0.05, 0.1) is 4.90 Å². The van der Waals surface area contributed by atoms with E-state index in [1.165, 1.54) is 0 Å². The Morgan fingerprint density at radius 2 is 1.90 bits per heavy atom. The van der Waals surface area contributed by atoms with Gasteiger partial charge in [0, 0.05) is 30.6 Å². The van der Waals surface area contributed by atoms with E-state index in [1.54, 1.807) is 24.3 Å². The van der Waals surface area contributed by atoms with Crippen molar-refractivity contribution in [3.05, 3.63) is 64.7 Å². The average Bonchev–Trinajstić information content (AvgIpc) is 3.53. The van der Waals surface area contributed by atoms with E-state index in [9.17, 15) is 13.2 Å². The van der Waals surface area contributed by atoms with E-state index >= 15 is 0 Å². The van der Waals surface area contributed by atoms with Crippen LogP contribution in [0.1, 0.15) is 36.3 Å². The third-order valence-corrected chi connectivity index (χ3v) is 7.92. The van der Waals surface area contributed by atoms with E-state index in [4.69, 9.17) is 11.6 Å². The van der Waals surface area contributed by atoms with E-state index in [0.717, 1.165) is 42.0 Å². The predicted octanol–water partition coefficient (Wildman–Crippen LogP) is 3.97. The fourth-order valence-corrected chi connectivity index (χ4v) is 5.67. The molecule has 5 nitrogen and oxygen atoms in total. The number of carbonyl (C=O) groups is 1. The highest BCUT2D eigenvalue weighted by atomic mass is 35.5. The summed E-state index contributed by atoms with van der Waals surface area (Å²) in [5.41, 5.74) is 2.07. The molecule has 3 atom stereocenters. The Labute approximate surface area is 183 Å². The number of halogens is 1. The smallest absolute Gasteiger partial charge is 0.240 e. The summed E-state index contributed by atoms with van der Waals surface area (Å²) in [6, 6.07) is 14.6. The van der Waals surface area contributed by atoms with Gasteiger partial charge < -0.3 is 4.90 Å². The topological polar surface area (TPSA) is 66.5 Å². The van der Waals surface area contributed by atoms with Crippen LogP contribution in [0.5, 0.6) is 0 Å². The number of piperidine rings is 1. The van der Waals surface area contributed by atoms with Crippen molar-refractivity contribution in [3.8, 4) is 0 Å². The van der Waals surface area contributed by atoms with Crippen LogP contribution in [0.2, 0.25) is 5.02 Å².